The molecule has 6 aliphatic rings. The van der Waals surface area contributed by atoms with Gasteiger partial charge >= 0.3 is 0 Å². The van der Waals surface area contributed by atoms with Crippen molar-refractivity contribution >= 4 is 147 Å². The molecular weight excluding hydrogens is 1670 g/mol. The number of imide groups is 3. The molecule has 0 radical (unpaired) electrons. The highest BCUT2D eigenvalue weighted by molar-refractivity contribution is 8.01. The number of nitrogens with one attached hydrogen (secondary N) is 9. The SMILES string of the molecule is CC(=O)CCC(=O)[C@H](CSC1CC(=O)N(CCC(=O)NCCOC2OC(CO)C(O)C(O)C2NC(C)=O)C1=O)NC(=O)CCC(=O)[C@H](CSC1CC(=O)N(CCC(=O)NCCOC2OC(CO)C(O)C(O)C2NC(C)=O)C1=O)NC(=O)CCC(=O)[C@H](CSC1CC(=O)N(CCC(=O)NCCOC2OC(CO)C(O)C(O)C2NC(C)=O)C1=O)NC(C)=O. The fraction of sp³-hybridized carbons (Fsp3) is 0.736. The van der Waals surface area contributed by atoms with E-state index in [9.17, 15) is 137 Å². The van der Waals surface area contributed by atoms with E-state index in [0.29, 0.717) is 0 Å². The molecule has 21 atom stereocenters. The van der Waals surface area contributed by atoms with Gasteiger partial charge in [-0.05, 0) is 6.92 Å². The normalized spacial score (nSPS) is 27.4. The van der Waals surface area contributed by atoms with Crippen LogP contribution in [0.4, 0.5) is 0 Å². The van der Waals surface area contributed by atoms with E-state index in [0.717, 1.165) is 77.7 Å². The Morgan fingerprint density at radius 2 is 0.645 bits per heavy atom. The van der Waals surface area contributed by atoms with Crippen LogP contribution in [0.25, 0.3) is 0 Å². The molecule has 0 aromatic heterocycles. The molecule has 6 aliphatic heterocycles. The fourth-order valence-corrected chi connectivity index (χ4v) is 16.9. The molecular formula is C72H108N12O34S3. The maximum atomic E-state index is 14.3. The monoisotopic (exact) mass is 1780 g/mol. The first-order valence-electron chi connectivity index (χ1n) is 38.9. The first-order chi connectivity index (χ1) is 57.3. The van der Waals surface area contributed by atoms with Crippen LogP contribution >= 0.6 is 35.3 Å². The van der Waals surface area contributed by atoms with Crippen molar-refractivity contribution in [3.63, 3.8) is 0 Å². The zero-order chi connectivity index (χ0) is 89.6. The van der Waals surface area contributed by atoms with Crippen LogP contribution in [0.1, 0.15) is 112 Å². The van der Waals surface area contributed by atoms with Crippen LogP contribution in [0.15, 0.2) is 0 Å². The fourth-order valence-electron chi connectivity index (χ4n) is 13.3. The topological polar surface area (TPSA) is 680 Å². The Morgan fingerprint density at radius 1 is 0.372 bits per heavy atom. The number of Topliss-reactive ketones (excluding diaryl/α,β-unsaturated/α-hetero) is 4. The molecule has 0 aliphatic carbocycles. The summed E-state index contributed by atoms with van der Waals surface area (Å²) in [4.78, 5) is 251. The summed E-state index contributed by atoms with van der Waals surface area (Å²) in [7, 11) is 0. The second-order valence-corrected chi connectivity index (χ2v) is 32.7. The molecule has 0 bridgehead atoms. The van der Waals surface area contributed by atoms with Gasteiger partial charge in [0.1, 0.15) is 78.8 Å². The minimum atomic E-state index is -1.61. The van der Waals surface area contributed by atoms with Gasteiger partial charge in [0, 0.05) is 161 Å². The van der Waals surface area contributed by atoms with E-state index >= 15 is 0 Å². The largest absolute Gasteiger partial charge is 0.394 e. The second kappa shape index (κ2) is 49.9. The van der Waals surface area contributed by atoms with E-state index in [4.69, 9.17) is 28.4 Å². The van der Waals surface area contributed by atoms with Crippen molar-refractivity contribution in [3.05, 3.63) is 0 Å². The lowest BCUT2D eigenvalue weighted by molar-refractivity contribution is -0.269. The zero-order valence-corrected chi connectivity index (χ0v) is 69.5. The van der Waals surface area contributed by atoms with E-state index in [1.807, 2.05) is 0 Å². The Balaban J connectivity index is 1.05. The third-order valence-electron chi connectivity index (χ3n) is 19.7. The van der Waals surface area contributed by atoms with Crippen LogP contribution in [0, 0.1) is 0 Å². The highest BCUT2D eigenvalue weighted by Gasteiger charge is 2.50. The molecule has 0 aromatic carbocycles. The van der Waals surface area contributed by atoms with Crippen molar-refractivity contribution in [2.75, 3.05) is 96.2 Å². The summed E-state index contributed by atoms with van der Waals surface area (Å²) >= 11 is 2.37. The Hall–Kier alpha value is -8.22. The Bertz CT molecular complexity index is 3720. The molecule has 6 fully saturated rings. The van der Waals surface area contributed by atoms with E-state index in [2.05, 4.69) is 47.9 Å². The molecule has 678 valence electrons. The van der Waals surface area contributed by atoms with Gasteiger partial charge in [-0.15, -0.1) is 35.3 Å². The molecule has 121 heavy (non-hydrogen) atoms. The first-order valence-corrected chi connectivity index (χ1v) is 42.1. The summed E-state index contributed by atoms with van der Waals surface area (Å²) in [5.41, 5.74) is 0. The summed E-state index contributed by atoms with van der Waals surface area (Å²) in [6.45, 7) is 1.03. The molecule has 6 rings (SSSR count). The standard InChI is InChI=1S/C72H108N12O34S3/c1-33(88)6-7-41(93)39(31-120-48-25-56(102)83(68(48)111)19-13-51(97)74-16-22-114-71-59(78-36(4)91)65(108)62(105)45(28-86)117-71)80-54(100)11-9-43(95)40(32-121-49-26-57(103)84(69(49)112)20-14-52(98)75-17-23-115-72-60(79-37(5)92)66(109)63(106)46(29-87)118-72)81-53(99)10-8-42(94)38(76-34(2)89)30-119-47-24-55(101)82(67(47)110)18-12-50(96)73-15-21-113-70-58(77-35(3)90)64(107)61(104)44(27-85)116-70/h38-40,44-49,58-66,70-72,85-87,104-109H,6-32H2,1-5H3,(H,73,96)(H,74,97)(H,75,98)(H,76,89)(H,77,90)(H,78,91)(H,79,92)(H,80,100)(H,81,99)/t38-,39-,40-,44?,45?,46?,47?,48?,49?,58?,59?,60?,61?,62?,63?,64?,65?,66?,70?,71?,72?/m0/s1. The van der Waals surface area contributed by atoms with Crippen molar-refractivity contribution in [2.45, 2.75) is 237 Å². The predicted octanol–water partition coefficient (Wildman–Crippen LogP) is -10.9. The summed E-state index contributed by atoms with van der Waals surface area (Å²) in [6.07, 6.45) is -23.1. The lowest BCUT2D eigenvalue weighted by Crippen LogP contribution is -2.64. The average molecular weight is 1780 g/mol. The molecule has 6 heterocycles. The van der Waals surface area contributed by atoms with Gasteiger partial charge in [-0.25, -0.2) is 0 Å². The van der Waals surface area contributed by atoms with Gasteiger partial charge in [0.25, 0.3) is 0 Å². The maximum absolute atomic E-state index is 14.3. The van der Waals surface area contributed by atoms with Gasteiger partial charge in [-0.1, -0.05) is 0 Å². The number of aliphatic hydroxyl groups excluding tert-OH is 9. The predicted molar refractivity (Wildman–Crippen MR) is 414 cm³/mol. The molecule has 49 heteroatoms. The molecule has 0 aromatic rings. The minimum Gasteiger partial charge on any atom is -0.394 e. The average Bonchev–Trinajstić information content (AvgIpc) is 1.80. The van der Waals surface area contributed by atoms with Crippen LogP contribution in [0.2, 0.25) is 0 Å². The number of rotatable bonds is 51. The van der Waals surface area contributed by atoms with Crippen LogP contribution in [0.5, 0.6) is 0 Å². The van der Waals surface area contributed by atoms with Crippen molar-refractivity contribution in [1.82, 2.24) is 62.6 Å². The quantitative estimate of drug-likeness (QED) is 0.0199. The van der Waals surface area contributed by atoms with Crippen LogP contribution in [-0.2, 0) is 120 Å². The highest BCUT2D eigenvalue weighted by Crippen LogP contribution is 2.31. The van der Waals surface area contributed by atoms with Gasteiger partial charge in [-0.2, -0.15) is 0 Å². The van der Waals surface area contributed by atoms with Crippen molar-refractivity contribution in [3.8, 4) is 0 Å². The molecule has 15 amide bonds. The number of ether oxygens (including phenoxy) is 6. The molecule has 18 N–H and O–H groups in total. The Kier molecular flexibility index (Phi) is 41.9. The van der Waals surface area contributed by atoms with Crippen LogP contribution < -0.4 is 47.9 Å². The number of aliphatic hydroxyl groups is 9. The number of thioether (sulfide) groups is 3. The number of amides is 15. The third-order valence-corrected chi connectivity index (χ3v) is 23.6. The van der Waals surface area contributed by atoms with Gasteiger partial charge < -0.3 is 127 Å². The lowest BCUT2D eigenvalue weighted by atomic mass is 9.97. The van der Waals surface area contributed by atoms with E-state index in [-0.39, 0.29) is 103 Å². The van der Waals surface area contributed by atoms with Gasteiger partial charge in [0.05, 0.1) is 73.5 Å². The highest BCUT2D eigenvalue weighted by atomic mass is 32.2. The number of nitrogens with zero attached hydrogens (tertiary/aromatic N) is 3. The maximum Gasteiger partial charge on any atom is 0.242 e. The first kappa shape index (κ1) is 102. The number of ketones is 4. The summed E-state index contributed by atoms with van der Waals surface area (Å²) in [5, 5.41) is 110. The molecule has 0 spiro atoms. The lowest BCUT2D eigenvalue weighted by Gasteiger charge is -2.42. The van der Waals surface area contributed by atoms with Crippen LogP contribution in [0.3, 0.4) is 0 Å². The number of carbonyl (C=O) groups excluding carboxylic acids is 19. The summed E-state index contributed by atoms with van der Waals surface area (Å²) in [6, 6.07) is -8.16. The molecule has 0 saturated carbocycles. The van der Waals surface area contributed by atoms with E-state index in [1.165, 1.54) is 6.92 Å². The minimum absolute atomic E-state index is 0.172. The van der Waals surface area contributed by atoms with Crippen molar-refractivity contribution in [2.24, 2.45) is 0 Å². The Morgan fingerprint density at radius 3 is 0.901 bits per heavy atom. The van der Waals surface area contributed by atoms with Crippen molar-refractivity contribution in [1.29, 1.82) is 0 Å². The van der Waals surface area contributed by atoms with Gasteiger partial charge in [0.2, 0.25) is 88.6 Å². The summed E-state index contributed by atoms with van der Waals surface area (Å²) in [5.74, 6) is -14.5. The second-order valence-electron chi connectivity index (χ2n) is 29.0. The smallest absolute Gasteiger partial charge is 0.242 e. The number of carbonyl (C=O) groups is 19. The third kappa shape index (κ3) is 31.2. The van der Waals surface area contributed by atoms with Gasteiger partial charge in [-0.3, -0.25) is 101 Å². The number of hydrogen-bond acceptors (Lipinski definition) is 37. The number of hydrogen-bond donors (Lipinski definition) is 18. The molecule has 18 unspecified atom stereocenters. The van der Waals surface area contributed by atoms with Gasteiger partial charge in [0.15, 0.2) is 36.2 Å². The van der Waals surface area contributed by atoms with Crippen molar-refractivity contribution < 1.29 is 165 Å². The Labute approximate surface area is 705 Å². The van der Waals surface area contributed by atoms with E-state index < -0.39 is 308 Å². The molecule has 46 nitrogen and oxygen atoms in total. The summed E-state index contributed by atoms with van der Waals surface area (Å²) < 4.78 is 33.2. The zero-order valence-electron chi connectivity index (χ0n) is 67.0. The molecule has 6 saturated heterocycles. The number of likely N-dealkylation sites (tertiary alicyclic amines) is 3. The van der Waals surface area contributed by atoms with E-state index in [1.54, 1.807) is 0 Å². The van der Waals surface area contributed by atoms with Crippen LogP contribution in [-0.4, -0.2) is 394 Å².